The van der Waals surface area contributed by atoms with Crippen molar-refractivity contribution in [3.05, 3.63) is 23.3 Å². The minimum Gasteiger partial charge on any atom is -0.496 e. The fourth-order valence-electron chi connectivity index (χ4n) is 1.58. The maximum absolute atomic E-state index is 5.71. The summed E-state index contributed by atoms with van der Waals surface area (Å²) in [4.78, 5) is 0. The van der Waals surface area contributed by atoms with Crippen molar-refractivity contribution in [3.63, 3.8) is 0 Å². The summed E-state index contributed by atoms with van der Waals surface area (Å²) in [6, 6.07) is 3.90. The summed E-state index contributed by atoms with van der Waals surface area (Å²) < 4.78 is 16.0. The van der Waals surface area contributed by atoms with Crippen molar-refractivity contribution in [3.8, 4) is 11.5 Å². The van der Waals surface area contributed by atoms with Crippen LogP contribution in [0.1, 0.15) is 17.5 Å². The first-order chi connectivity index (χ1) is 8.22. The summed E-state index contributed by atoms with van der Waals surface area (Å²) in [5, 5.41) is 0. The van der Waals surface area contributed by atoms with E-state index in [1.807, 2.05) is 19.1 Å². The molecule has 2 N–H and O–H groups in total. The van der Waals surface area contributed by atoms with Gasteiger partial charge in [0.25, 0.3) is 0 Å². The Morgan fingerprint density at radius 3 is 2.41 bits per heavy atom. The van der Waals surface area contributed by atoms with Crippen LogP contribution in [-0.4, -0.2) is 27.4 Å². The minimum absolute atomic E-state index is 0.477. The van der Waals surface area contributed by atoms with Crippen molar-refractivity contribution >= 4 is 0 Å². The van der Waals surface area contributed by atoms with Crippen LogP contribution in [0.3, 0.4) is 0 Å². The Labute approximate surface area is 103 Å². The fourth-order valence-corrected chi connectivity index (χ4v) is 1.58. The molecule has 0 saturated heterocycles. The second kappa shape index (κ2) is 7.14. The fraction of sp³-hybridized carbons (Fsp3) is 0.538. The number of hydrogen-bond acceptors (Lipinski definition) is 4. The minimum atomic E-state index is 0.477. The van der Waals surface area contributed by atoms with E-state index >= 15 is 0 Å². The molecule has 0 radical (unpaired) electrons. The van der Waals surface area contributed by atoms with Gasteiger partial charge in [0.05, 0.1) is 13.7 Å². The van der Waals surface area contributed by atoms with Crippen LogP contribution < -0.4 is 15.2 Å². The molecule has 0 aliphatic carbocycles. The van der Waals surface area contributed by atoms with Crippen LogP contribution in [0.5, 0.6) is 11.5 Å². The van der Waals surface area contributed by atoms with E-state index in [9.17, 15) is 0 Å². The molecule has 4 heteroatoms. The average Bonchev–Trinajstić information content (AvgIpc) is 2.36. The van der Waals surface area contributed by atoms with Gasteiger partial charge in [0.1, 0.15) is 11.5 Å². The monoisotopic (exact) mass is 239 g/mol. The molecule has 1 aromatic carbocycles. The van der Waals surface area contributed by atoms with Gasteiger partial charge in [0, 0.05) is 32.2 Å². The molecule has 0 aromatic heterocycles. The Hall–Kier alpha value is -1.26. The van der Waals surface area contributed by atoms with E-state index in [1.165, 1.54) is 0 Å². The van der Waals surface area contributed by atoms with E-state index in [0.29, 0.717) is 19.8 Å². The molecule has 0 bridgehead atoms. The molecule has 0 atom stereocenters. The highest BCUT2D eigenvalue weighted by Crippen LogP contribution is 2.29. The number of benzene rings is 1. The normalized spacial score (nSPS) is 10.4. The predicted molar refractivity (Wildman–Crippen MR) is 67.6 cm³/mol. The summed E-state index contributed by atoms with van der Waals surface area (Å²) >= 11 is 0. The van der Waals surface area contributed by atoms with Crippen LogP contribution in [0, 0.1) is 6.92 Å². The first kappa shape index (κ1) is 13.8. The van der Waals surface area contributed by atoms with Crippen molar-refractivity contribution in [2.24, 2.45) is 5.73 Å². The van der Waals surface area contributed by atoms with Gasteiger partial charge in [-0.1, -0.05) is 0 Å². The van der Waals surface area contributed by atoms with Crippen LogP contribution >= 0.6 is 0 Å². The first-order valence-electron chi connectivity index (χ1n) is 5.72. The molecule has 0 saturated carbocycles. The van der Waals surface area contributed by atoms with Gasteiger partial charge in [0.15, 0.2) is 0 Å². The number of rotatable bonds is 7. The van der Waals surface area contributed by atoms with Gasteiger partial charge < -0.3 is 19.9 Å². The highest BCUT2D eigenvalue weighted by Gasteiger charge is 2.08. The molecule has 96 valence electrons. The summed E-state index contributed by atoms with van der Waals surface area (Å²) in [5.74, 6) is 1.65. The lowest BCUT2D eigenvalue weighted by atomic mass is 10.1. The van der Waals surface area contributed by atoms with Crippen molar-refractivity contribution in [1.29, 1.82) is 0 Å². The maximum atomic E-state index is 5.71. The number of ether oxygens (including phenoxy) is 3. The van der Waals surface area contributed by atoms with Crippen molar-refractivity contribution in [2.75, 3.05) is 27.4 Å². The van der Waals surface area contributed by atoms with Crippen LogP contribution in [0.15, 0.2) is 12.1 Å². The summed E-state index contributed by atoms with van der Waals surface area (Å²) in [5.41, 5.74) is 7.65. The predicted octanol–water partition coefficient (Wildman–Crippen LogP) is 1.88. The average molecular weight is 239 g/mol. The third-order valence-electron chi connectivity index (χ3n) is 2.58. The molecule has 1 aromatic rings. The van der Waals surface area contributed by atoms with E-state index in [-0.39, 0.29) is 0 Å². The zero-order valence-electron chi connectivity index (χ0n) is 10.8. The molecule has 0 fully saturated rings. The van der Waals surface area contributed by atoms with E-state index < -0.39 is 0 Å². The summed E-state index contributed by atoms with van der Waals surface area (Å²) in [6.07, 6.45) is 0.866. The van der Waals surface area contributed by atoms with Crippen molar-refractivity contribution in [1.82, 2.24) is 0 Å². The molecule has 4 nitrogen and oxygen atoms in total. The van der Waals surface area contributed by atoms with E-state index in [0.717, 1.165) is 29.0 Å². The number of methoxy groups -OCH3 is 2. The lowest BCUT2D eigenvalue weighted by molar-refractivity contribution is 0.171. The standard InChI is InChI=1S/C13H21NO3/c1-10-12(16-3)7-11(9-14)8-13(10)17-6-4-5-15-2/h7-8H,4-6,9,14H2,1-3H3. The lowest BCUT2D eigenvalue weighted by Gasteiger charge is -2.14. The second-order valence-corrected chi connectivity index (χ2v) is 3.82. The van der Waals surface area contributed by atoms with E-state index in [2.05, 4.69) is 0 Å². The third kappa shape index (κ3) is 3.91. The lowest BCUT2D eigenvalue weighted by Crippen LogP contribution is -2.05. The topological polar surface area (TPSA) is 53.7 Å². The van der Waals surface area contributed by atoms with Crippen LogP contribution in [0.4, 0.5) is 0 Å². The summed E-state index contributed by atoms with van der Waals surface area (Å²) in [7, 11) is 3.33. The first-order valence-corrected chi connectivity index (χ1v) is 5.72. The van der Waals surface area contributed by atoms with Crippen molar-refractivity contribution in [2.45, 2.75) is 19.9 Å². The Balaban J connectivity index is 2.75. The maximum Gasteiger partial charge on any atom is 0.126 e. The van der Waals surface area contributed by atoms with Gasteiger partial charge in [-0.3, -0.25) is 0 Å². The molecule has 17 heavy (non-hydrogen) atoms. The van der Waals surface area contributed by atoms with E-state index in [4.69, 9.17) is 19.9 Å². The Kier molecular flexibility index (Phi) is 5.80. The van der Waals surface area contributed by atoms with Crippen LogP contribution in [-0.2, 0) is 11.3 Å². The molecular weight excluding hydrogens is 218 g/mol. The quantitative estimate of drug-likeness (QED) is 0.738. The Morgan fingerprint density at radius 2 is 1.82 bits per heavy atom. The van der Waals surface area contributed by atoms with Gasteiger partial charge in [-0.2, -0.15) is 0 Å². The van der Waals surface area contributed by atoms with Gasteiger partial charge in [-0.05, 0) is 24.6 Å². The van der Waals surface area contributed by atoms with Gasteiger partial charge in [-0.25, -0.2) is 0 Å². The Bertz CT molecular complexity index is 353. The zero-order chi connectivity index (χ0) is 12.7. The molecule has 0 aliphatic rings. The highest BCUT2D eigenvalue weighted by molar-refractivity contribution is 5.47. The SMILES string of the molecule is COCCCOc1cc(CN)cc(OC)c1C. The van der Waals surface area contributed by atoms with Gasteiger partial charge in [0.2, 0.25) is 0 Å². The molecular formula is C13H21NO3. The zero-order valence-corrected chi connectivity index (χ0v) is 10.8. The van der Waals surface area contributed by atoms with Gasteiger partial charge >= 0.3 is 0 Å². The second-order valence-electron chi connectivity index (χ2n) is 3.82. The smallest absolute Gasteiger partial charge is 0.126 e. The molecule has 0 spiro atoms. The molecule has 1 rings (SSSR count). The third-order valence-corrected chi connectivity index (χ3v) is 2.58. The van der Waals surface area contributed by atoms with E-state index in [1.54, 1.807) is 14.2 Å². The van der Waals surface area contributed by atoms with Crippen LogP contribution in [0.2, 0.25) is 0 Å². The summed E-state index contributed by atoms with van der Waals surface area (Å²) in [6.45, 7) is 3.79. The molecule has 0 amide bonds. The molecule has 0 heterocycles. The highest BCUT2D eigenvalue weighted by atomic mass is 16.5. The van der Waals surface area contributed by atoms with Gasteiger partial charge in [-0.15, -0.1) is 0 Å². The van der Waals surface area contributed by atoms with Crippen molar-refractivity contribution < 1.29 is 14.2 Å². The molecule has 0 aliphatic heterocycles. The molecule has 0 unspecified atom stereocenters. The number of hydrogen-bond donors (Lipinski definition) is 1. The van der Waals surface area contributed by atoms with Crippen LogP contribution in [0.25, 0.3) is 0 Å². The largest absolute Gasteiger partial charge is 0.496 e. The Morgan fingerprint density at radius 1 is 1.12 bits per heavy atom. The number of nitrogens with two attached hydrogens (primary N) is 1.